The van der Waals surface area contributed by atoms with Crippen LogP contribution >= 0.6 is 0 Å². The van der Waals surface area contributed by atoms with Crippen LogP contribution in [-0.4, -0.2) is 0 Å². The van der Waals surface area contributed by atoms with E-state index >= 15 is 0 Å². The summed E-state index contributed by atoms with van der Waals surface area (Å²) in [5.41, 5.74) is 1.36. The van der Waals surface area contributed by atoms with Crippen molar-refractivity contribution >= 4 is 0 Å². The van der Waals surface area contributed by atoms with Crippen LogP contribution in [0.2, 0.25) is 0 Å². The zero-order valence-corrected chi connectivity index (χ0v) is 9.80. The van der Waals surface area contributed by atoms with E-state index < -0.39 is 0 Å². The van der Waals surface area contributed by atoms with Crippen molar-refractivity contribution in [2.24, 2.45) is 0 Å². The van der Waals surface area contributed by atoms with Crippen LogP contribution < -0.4 is 4.74 Å². The Bertz CT molecular complexity index is 486. The minimum Gasteiger partial charge on any atom is -0.457 e. The second-order valence-corrected chi connectivity index (χ2v) is 4.58. The maximum atomic E-state index is 5.97. The summed E-state index contributed by atoms with van der Waals surface area (Å²) in [7, 11) is 0. The summed E-state index contributed by atoms with van der Waals surface area (Å²) in [5, 5.41) is 0. The lowest BCUT2D eigenvalue weighted by atomic mass is 9.80. The molecule has 1 aliphatic rings. The Balaban J connectivity index is 1.87. The minimum absolute atomic E-state index is 0.704. The molecule has 0 atom stereocenters. The van der Waals surface area contributed by atoms with Gasteiger partial charge in [-0.3, -0.25) is 0 Å². The first-order valence-electron chi connectivity index (χ1n) is 6.25. The highest BCUT2D eigenvalue weighted by molar-refractivity contribution is 5.40. The van der Waals surface area contributed by atoms with E-state index in [2.05, 4.69) is 18.2 Å². The molecular formula is C16H16O. The average molecular weight is 224 g/mol. The van der Waals surface area contributed by atoms with Crippen molar-refractivity contribution in [1.82, 2.24) is 0 Å². The van der Waals surface area contributed by atoms with Crippen LogP contribution in [0.4, 0.5) is 0 Å². The van der Waals surface area contributed by atoms with Gasteiger partial charge in [0.2, 0.25) is 0 Å². The number of hydrogen-bond donors (Lipinski definition) is 0. The number of ether oxygens (including phenoxy) is 1. The third-order valence-electron chi connectivity index (χ3n) is 3.44. The van der Waals surface area contributed by atoms with E-state index in [1.807, 2.05) is 36.4 Å². The Kier molecular flexibility index (Phi) is 2.83. The SMILES string of the molecule is c1ccc(Oc2ccccc2C2CCC2)cc1. The van der Waals surface area contributed by atoms with Gasteiger partial charge >= 0.3 is 0 Å². The fourth-order valence-corrected chi connectivity index (χ4v) is 2.25. The summed E-state index contributed by atoms with van der Waals surface area (Å²) in [6.45, 7) is 0. The molecule has 3 rings (SSSR count). The van der Waals surface area contributed by atoms with Crippen molar-refractivity contribution in [1.29, 1.82) is 0 Å². The summed E-state index contributed by atoms with van der Waals surface area (Å²) < 4.78 is 5.97. The molecule has 0 bridgehead atoms. The van der Waals surface area contributed by atoms with Gasteiger partial charge in [0.25, 0.3) is 0 Å². The summed E-state index contributed by atoms with van der Waals surface area (Å²) in [6, 6.07) is 18.4. The van der Waals surface area contributed by atoms with E-state index in [1.54, 1.807) is 0 Å². The molecule has 1 aliphatic carbocycles. The monoisotopic (exact) mass is 224 g/mol. The third kappa shape index (κ3) is 2.19. The molecule has 0 N–H and O–H groups in total. The third-order valence-corrected chi connectivity index (χ3v) is 3.44. The van der Waals surface area contributed by atoms with E-state index in [0.29, 0.717) is 5.92 Å². The molecule has 0 amide bonds. The van der Waals surface area contributed by atoms with E-state index in [0.717, 1.165) is 11.5 Å². The first-order chi connectivity index (χ1) is 8.43. The lowest BCUT2D eigenvalue weighted by Crippen LogP contribution is -2.09. The normalized spacial score (nSPS) is 15.3. The predicted molar refractivity (Wildman–Crippen MR) is 69.6 cm³/mol. The number of rotatable bonds is 3. The van der Waals surface area contributed by atoms with Crippen LogP contribution in [0.25, 0.3) is 0 Å². The van der Waals surface area contributed by atoms with E-state index in [4.69, 9.17) is 4.74 Å². The fourth-order valence-electron chi connectivity index (χ4n) is 2.25. The zero-order chi connectivity index (χ0) is 11.5. The minimum atomic E-state index is 0.704. The molecule has 1 nitrogen and oxygen atoms in total. The molecule has 17 heavy (non-hydrogen) atoms. The van der Waals surface area contributed by atoms with Crippen LogP contribution in [0.15, 0.2) is 54.6 Å². The van der Waals surface area contributed by atoms with Crippen LogP contribution in [0.1, 0.15) is 30.7 Å². The maximum absolute atomic E-state index is 5.97. The smallest absolute Gasteiger partial charge is 0.130 e. The van der Waals surface area contributed by atoms with Gasteiger partial charge in [-0.1, -0.05) is 42.8 Å². The van der Waals surface area contributed by atoms with Crippen LogP contribution in [0.5, 0.6) is 11.5 Å². The topological polar surface area (TPSA) is 9.23 Å². The maximum Gasteiger partial charge on any atom is 0.130 e. The fraction of sp³-hybridized carbons (Fsp3) is 0.250. The van der Waals surface area contributed by atoms with Crippen LogP contribution in [-0.2, 0) is 0 Å². The number of benzene rings is 2. The van der Waals surface area contributed by atoms with Crippen molar-refractivity contribution in [3.05, 3.63) is 60.2 Å². The number of hydrogen-bond acceptors (Lipinski definition) is 1. The summed E-state index contributed by atoms with van der Waals surface area (Å²) in [5.74, 6) is 2.64. The zero-order valence-electron chi connectivity index (χ0n) is 9.80. The highest BCUT2D eigenvalue weighted by Crippen LogP contribution is 2.41. The Morgan fingerprint density at radius 3 is 2.24 bits per heavy atom. The van der Waals surface area contributed by atoms with Gasteiger partial charge in [-0.15, -0.1) is 0 Å². The molecule has 2 aromatic rings. The second-order valence-electron chi connectivity index (χ2n) is 4.58. The van der Waals surface area contributed by atoms with Crippen molar-refractivity contribution in [3.63, 3.8) is 0 Å². The predicted octanol–water partition coefficient (Wildman–Crippen LogP) is 4.75. The Hall–Kier alpha value is -1.76. The number of para-hydroxylation sites is 2. The van der Waals surface area contributed by atoms with Crippen molar-refractivity contribution < 1.29 is 4.74 Å². The van der Waals surface area contributed by atoms with Crippen molar-refractivity contribution in [2.45, 2.75) is 25.2 Å². The highest BCUT2D eigenvalue weighted by atomic mass is 16.5. The van der Waals surface area contributed by atoms with Crippen molar-refractivity contribution in [2.75, 3.05) is 0 Å². The molecule has 1 heteroatoms. The molecule has 0 unspecified atom stereocenters. The molecule has 0 saturated heterocycles. The molecular weight excluding hydrogens is 208 g/mol. The van der Waals surface area contributed by atoms with Crippen LogP contribution in [0.3, 0.4) is 0 Å². The van der Waals surface area contributed by atoms with Gasteiger partial charge in [0.05, 0.1) is 0 Å². The van der Waals surface area contributed by atoms with Gasteiger partial charge in [-0.05, 0) is 42.5 Å². The quantitative estimate of drug-likeness (QED) is 0.731. The lowest BCUT2D eigenvalue weighted by Gasteiger charge is -2.27. The highest BCUT2D eigenvalue weighted by Gasteiger charge is 2.22. The molecule has 0 aromatic heterocycles. The van der Waals surface area contributed by atoms with Crippen LogP contribution in [0, 0.1) is 0 Å². The largest absolute Gasteiger partial charge is 0.457 e. The lowest BCUT2D eigenvalue weighted by molar-refractivity contribution is 0.397. The van der Waals surface area contributed by atoms with E-state index in [1.165, 1.54) is 24.8 Å². The first kappa shape index (κ1) is 10.4. The second kappa shape index (κ2) is 4.62. The van der Waals surface area contributed by atoms with Gasteiger partial charge in [0.1, 0.15) is 11.5 Å². The summed E-state index contributed by atoms with van der Waals surface area (Å²) >= 11 is 0. The Morgan fingerprint density at radius 1 is 0.824 bits per heavy atom. The van der Waals surface area contributed by atoms with Gasteiger partial charge in [0, 0.05) is 0 Å². The summed E-state index contributed by atoms with van der Waals surface area (Å²) in [6.07, 6.45) is 3.95. The molecule has 0 radical (unpaired) electrons. The standard InChI is InChI=1S/C16H16O/c1-2-9-14(10-3-1)17-16-12-5-4-11-15(16)13-7-6-8-13/h1-5,9-13H,6-8H2. The van der Waals surface area contributed by atoms with Gasteiger partial charge in [-0.2, -0.15) is 0 Å². The molecule has 2 aromatic carbocycles. The molecule has 86 valence electrons. The Morgan fingerprint density at radius 2 is 1.53 bits per heavy atom. The molecule has 0 aliphatic heterocycles. The average Bonchev–Trinajstić information content (AvgIpc) is 2.31. The molecule has 0 heterocycles. The van der Waals surface area contributed by atoms with Gasteiger partial charge < -0.3 is 4.74 Å². The van der Waals surface area contributed by atoms with E-state index in [-0.39, 0.29) is 0 Å². The summed E-state index contributed by atoms with van der Waals surface area (Å²) in [4.78, 5) is 0. The first-order valence-corrected chi connectivity index (χ1v) is 6.25. The molecule has 1 saturated carbocycles. The van der Waals surface area contributed by atoms with Crippen molar-refractivity contribution in [3.8, 4) is 11.5 Å². The van der Waals surface area contributed by atoms with Gasteiger partial charge in [0.15, 0.2) is 0 Å². The molecule has 0 spiro atoms. The van der Waals surface area contributed by atoms with Gasteiger partial charge in [-0.25, -0.2) is 0 Å². The Labute approximate surface area is 102 Å². The molecule has 1 fully saturated rings. The van der Waals surface area contributed by atoms with E-state index in [9.17, 15) is 0 Å².